The molecule has 0 amide bonds. The van der Waals surface area contributed by atoms with Gasteiger partial charge in [0.1, 0.15) is 6.04 Å². The van der Waals surface area contributed by atoms with E-state index in [9.17, 15) is 13.2 Å². The lowest BCUT2D eigenvalue weighted by Crippen LogP contribution is -2.42. The van der Waals surface area contributed by atoms with Crippen LogP contribution in [0, 0.1) is 0 Å². The molecule has 1 aromatic carbocycles. The summed E-state index contributed by atoms with van der Waals surface area (Å²) in [6, 6.07) is 6.31. The summed E-state index contributed by atoms with van der Waals surface area (Å²) in [4.78, 5) is 10.7. The monoisotopic (exact) mass is 453 g/mol. The zero-order chi connectivity index (χ0) is 18.5. The molecule has 0 radical (unpaired) electrons. The van der Waals surface area contributed by atoms with Crippen molar-refractivity contribution < 1.29 is 17.9 Å². The van der Waals surface area contributed by atoms with Crippen molar-refractivity contribution in [2.75, 3.05) is 6.61 Å². The summed E-state index contributed by atoms with van der Waals surface area (Å²) in [5.41, 5.74) is 0. The molecule has 0 heterocycles. The van der Waals surface area contributed by atoms with E-state index >= 15 is 0 Å². The van der Waals surface area contributed by atoms with Gasteiger partial charge in [-0.1, -0.05) is 41.4 Å². The largest absolute Gasteiger partial charge is 0.465 e. The van der Waals surface area contributed by atoms with E-state index in [-0.39, 0.29) is 11.5 Å². The van der Waals surface area contributed by atoms with Gasteiger partial charge in [0.05, 0.1) is 11.5 Å². The van der Waals surface area contributed by atoms with E-state index in [1.807, 2.05) is 0 Å². The smallest absolute Gasteiger partial charge is 0.325 e. The van der Waals surface area contributed by atoms with Gasteiger partial charge < -0.3 is 4.74 Å². The van der Waals surface area contributed by atoms with Crippen LogP contribution in [0.3, 0.4) is 0 Å². The molecule has 5 nitrogen and oxygen atoms in total. The highest BCUT2D eigenvalue weighted by Crippen LogP contribution is 2.46. The van der Waals surface area contributed by atoms with Crippen molar-refractivity contribution in [3.05, 3.63) is 30.3 Å². The number of rotatable bonds is 8. The van der Waals surface area contributed by atoms with Gasteiger partial charge in [-0.25, -0.2) is 8.42 Å². The van der Waals surface area contributed by atoms with E-state index < -0.39 is 30.5 Å². The Labute approximate surface area is 165 Å². The number of ether oxygens (including phenoxy) is 1. The molecule has 0 aromatic heterocycles. The molecule has 0 N–H and O–H groups in total. The van der Waals surface area contributed by atoms with E-state index in [1.165, 1.54) is 19.1 Å². The minimum absolute atomic E-state index is 0.0431. The fraction of sp³-hybridized carbons (Fsp3) is 0.462. The topological polar surface area (TPSA) is 63.7 Å². The third-order valence-electron chi connectivity index (χ3n) is 2.69. The first kappa shape index (κ1) is 22.2. The molecule has 24 heavy (non-hydrogen) atoms. The zero-order valence-corrected chi connectivity index (χ0v) is 17.3. The molecule has 0 aliphatic carbocycles. The Hall–Kier alpha value is 0.110. The van der Waals surface area contributed by atoms with Crippen LogP contribution in [0.4, 0.5) is 0 Å². The second-order valence-corrected chi connectivity index (χ2v) is 10.7. The van der Waals surface area contributed by atoms with Gasteiger partial charge in [0.15, 0.2) is 4.84 Å². The lowest BCUT2D eigenvalue weighted by molar-refractivity contribution is -0.145. The third kappa shape index (κ3) is 5.56. The molecule has 0 aliphatic heterocycles. The summed E-state index contributed by atoms with van der Waals surface area (Å²) in [5.74, 6) is -0.755. The zero-order valence-electron chi connectivity index (χ0n) is 12.7. The Balaban J connectivity index is 3.30. The van der Waals surface area contributed by atoms with Gasteiger partial charge in [0.25, 0.3) is 10.0 Å². The molecule has 1 aromatic rings. The molecule has 0 fully saturated rings. The number of halogens is 4. The number of esters is 1. The van der Waals surface area contributed by atoms with Crippen LogP contribution in [0.25, 0.3) is 0 Å². The number of carbonyl (C=O) groups excluding carboxylic acids is 1. The second-order valence-electron chi connectivity index (χ2n) is 4.46. The minimum atomic E-state index is -4.12. The molecule has 0 saturated heterocycles. The van der Waals surface area contributed by atoms with Crippen LogP contribution in [0.5, 0.6) is 0 Å². The summed E-state index contributed by atoms with van der Waals surface area (Å²) >= 11 is 23.8. The highest BCUT2D eigenvalue weighted by Gasteiger charge is 2.44. The Morgan fingerprint density at radius 3 is 2.29 bits per heavy atom. The Morgan fingerprint density at radius 1 is 1.29 bits per heavy atom. The summed E-state index contributed by atoms with van der Waals surface area (Å²) in [6.45, 7) is 3.05. The van der Waals surface area contributed by atoms with Crippen molar-refractivity contribution in [3.63, 3.8) is 0 Å². The van der Waals surface area contributed by atoms with Gasteiger partial charge in [-0.3, -0.25) is 4.79 Å². The molecule has 1 atom stereocenters. The third-order valence-corrected chi connectivity index (χ3v) is 8.34. The maximum atomic E-state index is 12.9. The van der Waals surface area contributed by atoms with Crippen molar-refractivity contribution in [1.29, 1.82) is 0 Å². The summed E-state index contributed by atoms with van der Waals surface area (Å²) in [6.07, 6.45) is 0. The Morgan fingerprint density at radius 2 is 1.83 bits per heavy atom. The lowest BCUT2D eigenvalue weighted by atomic mass is 10.4. The van der Waals surface area contributed by atoms with Crippen LogP contribution in [0.1, 0.15) is 13.8 Å². The molecule has 0 bridgehead atoms. The van der Waals surface area contributed by atoms with E-state index in [0.717, 1.165) is 3.71 Å². The van der Waals surface area contributed by atoms with Crippen molar-refractivity contribution in [2.45, 2.75) is 33.3 Å². The second kappa shape index (κ2) is 9.16. The van der Waals surface area contributed by atoms with E-state index in [1.54, 1.807) is 25.1 Å². The number of hydrogen-bond donors (Lipinski definition) is 0. The average molecular weight is 455 g/mol. The normalized spacial score (nSPS) is 14.0. The summed E-state index contributed by atoms with van der Waals surface area (Å²) in [5, 5.41) is 0. The quantitative estimate of drug-likeness (QED) is 0.334. The standard InChI is InChI=1S/C13H15Cl4NO4S2/c1-3-22-11(19)9(2)18(23-13(16,17)12(14)15)24(20,21)10-7-5-4-6-8-10/h4-9,12H,3H2,1-2H3. The highest BCUT2D eigenvalue weighted by molar-refractivity contribution is 8.11. The maximum Gasteiger partial charge on any atom is 0.325 e. The SMILES string of the molecule is CCOC(=O)C(C)N(SC(Cl)(Cl)C(Cl)Cl)S(=O)(=O)c1ccccc1. The predicted octanol–water partition coefficient (Wildman–Crippen LogP) is 4.21. The van der Waals surface area contributed by atoms with E-state index in [2.05, 4.69) is 0 Å². The Bertz CT molecular complexity index is 655. The fourth-order valence-corrected chi connectivity index (χ4v) is 5.25. The van der Waals surface area contributed by atoms with Crippen molar-refractivity contribution in [2.24, 2.45) is 0 Å². The van der Waals surface area contributed by atoms with Gasteiger partial charge in [-0.15, -0.1) is 26.9 Å². The van der Waals surface area contributed by atoms with Crippen LogP contribution in [-0.2, 0) is 19.6 Å². The molecule has 0 saturated carbocycles. The van der Waals surface area contributed by atoms with Crippen molar-refractivity contribution >= 4 is 74.3 Å². The van der Waals surface area contributed by atoms with E-state index in [4.69, 9.17) is 51.1 Å². The molecular weight excluding hydrogens is 440 g/mol. The molecule has 0 spiro atoms. The lowest BCUT2D eigenvalue weighted by Gasteiger charge is -2.31. The first-order chi connectivity index (χ1) is 11.0. The molecule has 11 heteroatoms. The van der Waals surface area contributed by atoms with Gasteiger partial charge >= 0.3 is 5.97 Å². The first-order valence-electron chi connectivity index (χ1n) is 6.65. The van der Waals surface area contributed by atoms with Crippen molar-refractivity contribution in [3.8, 4) is 0 Å². The fourth-order valence-electron chi connectivity index (χ4n) is 1.54. The maximum absolute atomic E-state index is 12.9. The molecule has 1 unspecified atom stereocenters. The Kier molecular flexibility index (Phi) is 8.46. The van der Waals surface area contributed by atoms with Crippen LogP contribution >= 0.6 is 58.4 Å². The van der Waals surface area contributed by atoms with Gasteiger partial charge in [0.2, 0.25) is 3.67 Å². The predicted molar refractivity (Wildman–Crippen MR) is 99.1 cm³/mol. The number of hydrogen-bond acceptors (Lipinski definition) is 5. The summed E-state index contributed by atoms with van der Waals surface area (Å²) in [7, 11) is -4.12. The summed E-state index contributed by atoms with van der Waals surface area (Å²) < 4.78 is 29.5. The van der Waals surface area contributed by atoms with Crippen LogP contribution in [-0.4, -0.2) is 39.2 Å². The molecule has 1 rings (SSSR count). The number of benzene rings is 1. The number of alkyl halides is 4. The first-order valence-corrected chi connectivity index (χ1v) is 10.5. The number of nitrogens with zero attached hydrogens (tertiary/aromatic N) is 1. The van der Waals surface area contributed by atoms with Crippen LogP contribution < -0.4 is 0 Å². The molecule has 0 aliphatic rings. The van der Waals surface area contributed by atoms with Gasteiger partial charge in [0, 0.05) is 0 Å². The van der Waals surface area contributed by atoms with Gasteiger partial charge in [-0.05, 0) is 37.9 Å². The molecular formula is C13H15Cl4NO4S2. The van der Waals surface area contributed by atoms with Gasteiger partial charge in [-0.2, -0.15) is 0 Å². The number of carbonyl (C=O) groups is 1. The van der Waals surface area contributed by atoms with Crippen molar-refractivity contribution in [1.82, 2.24) is 3.71 Å². The average Bonchev–Trinajstić information content (AvgIpc) is 2.52. The minimum Gasteiger partial charge on any atom is -0.465 e. The number of sulfonamides is 1. The van der Waals surface area contributed by atoms with Crippen LogP contribution in [0.2, 0.25) is 0 Å². The highest BCUT2D eigenvalue weighted by atomic mass is 35.5. The van der Waals surface area contributed by atoms with E-state index in [0.29, 0.717) is 11.9 Å². The molecule has 136 valence electrons. The van der Waals surface area contributed by atoms with Crippen LogP contribution in [0.15, 0.2) is 35.2 Å².